The Morgan fingerprint density at radius 1 is 1.52 bits per heavy atom. The van der Waals surface area contributed by atoms with E-state index in [9.17, 15) is 8.42 Å². The molecule has 0 bridgehead atoms. The summed E-state index contributed by atoms with van der Waals surface area (Å²) in [6.45, 7) is 6.87. The number of aromatic nitrogens is 1. The Kier molecular flexibility index (Phi) is 5.78. The highest BCUT2D eigenvalue weighted by molar-refractivity contribution is 7.88. The number of nitrogens with zero attached hydrogens (tertiary/aromatic N) is 2. The second-order valence-corrected chi connectivity index (χ2v) is 7.72. The molecule has 1 aromatic rings. The quantitative estimate of drug-likeness (QED) is 0.826. The van der Waals surface area contributed by atoms with Crippen molar-refractivity contribution >= 4 is 10.0 Å². The third-order valence-corrected chi connectivity index (χ3v) is 5.51. The zero-order valence-corrected chi connectivity index (χ0v) is 13.7. The van der Waals surface area contributed by atoms with Crippen molar-refractivity contribution < 1.29 is 12.9 Å². The van der Waals surface area contributed by atoms with Gasteiger partial charge in [-0.15, -0.1) is 0 Å². The van der Waals surface area contributed by atoms with Crippen LogP contribution >= 0.6 is 0 Å². The summed E-state index contributed by atoms with van der Waals surface area (Å²) in [4.78, 5) is 0. The molecular formula is C14H25N3O3S. The van der Waals surface area contributed by atoms with E-state index in [2.05, 4.69) is 10.5 Å². The molecule has 0 spiro atoms. The molecule has 1 aliphatic rings. The van der Waals surface area contributed by atoms with Crippen LogP contribution in [0.15, 0.2) is 10.6 Å². The van der Waals surface area contributed by atoms with Crippen molar-refractivity contribution in [1.82, 2.24) is 14.8 Å². The first-order chi connectivity index (χ1) is 10.0. The molecule has 0 radical (unpaired) electrons. The van der Waals surface area contributed by atoms with Crippen molar-refractivity contribution in [1.29, 1.82) is 0 Å². The second-order valence-electron chi connectivity index (χ2n) is 5.76. The van der Waals surface area contributed by atoms with Crippen LogP contribution in [0.4, 0.5) is 0 Å². The van der Waals surface area contributed by atoms with Crippen molar-refractivity contribution in [2.45, 2.75) is 38.9 Å². The molecule has 0 aliphatic carbocycles. The third-order valence-electron chi connectivity index (χ3n) is 3.73. The molecule has 2 rings (SSSR count). The van der Waals surface area contributed by atoms with Gasteiger partial charge in [-0.2, -0.15) is 0 Å². The fourth-order valence-electron chi connectivity index (χ4n) is 2.73. The molecule has 1 atom stereocenters. The van der Waals surface area contributed by atoms with Gasteiger partial charge in [0.1, 0.15) is 17.2 Å². The van der Waals surface area contributed by atoms with Gasteiger partial charge in [0.25, 0.3) is 0 Å². The number of sulfonamides is 1. The Balaban J connectivity index is 2.03. The van der Waals surface area contributed by atoms with Crippen molar-refractivity contribution in [2.75, 3.05) is 26.2 Å². The molecule has 120 valence electrons. The lowest BCUT2D eigenvalue weighted by Gasteiger charge is -2.29. The van der Waals surface area contributed by atoms with Crippen LogP contribution in [0.2, 0.25) is 0 Å². The molecule has 0 aromatic carbocycles. The highest BCUT2D eigenvalue weighted by atomic mass is 32.2. The number of hydrogen-bond donors (Lipinski definition) is 1. The predicted octanol–water partition coefficient (Wildman–Crippen LogP) is 1.52. The van der Waals surface area contributed by atoms with E-state index >= 15 is 0 Å². The fraction of sp³-hybridized carbons (Fsp3) is 0.786. The van der Waals surface area contributed by atoms with Crippen LogP contribution in [-0.2, 0) is 15.8 Å². The van der Waals surface area contributed by atoms with Gasteiger partial charge in [0.15, 0.2) is 0 Å². The number of aryl methyl sites for hydroxylation is 1. The van der Waals surface area contributed by atoms with Crippen LogP contribution in [0.25, 0.3) is 0 Å². The maximum absolute atomic E-state index is 12.6. The molecule has 21 heavy (non-hydrogen) atoms. The Morgan fingerprint density at radius 3 is 2.90 bits per heavy atom. The summed E-state index contributed by atoms with van der Waals surface area (Å²) in [5.41, 5.74) is 0.482. The number of hydrogen-bond acceptors (Lipinski definition) is 5. The van der Waals surface area contributed by atoms with Crippen LogP contribution in [0, 0.1) is 12.8 Å². The van der Waals surface area contributed by atoms with Gasteiger partial charge in [0, 0.05) is 19.2 Å². The summed E-state index contributed by atoms with van der Waals surface area (Å²) >= 11 is 0. The number of rotatable bonds is 7. The average molecular weight is 315 g/mol. The van der Waals surface area contributed by atoms with Crippen molar-refractivity contribution in [3.8, 4) is 0 Å². The smallest absolute Gasteiger partial charge is 0.219 e. The minimum absolute atomic E-state index is 0.0789. The van der Waals surface area contributed by atoms with Gasteiger partial charge in [-0.25, -0.2) is 12.7 Å². The second kappa shape index (κ2) is 7.38. The van der Waals surface area contributed by atoms with E-state index < -0.39 is 10.0 Å². The monoisotopic (exact) mass is 315 g/mol. The Bertz CT molecular complexity index is 535. The largest absolute Gasteiger partial charge is 0.361 e. The fourth-order valence-corrected chi connectivity index (χ4v) is 4.32. The van der Waals surface area contributed by atoms with Gasteiger partial charge in [0.2, 0.25) is 10.0 Å². The maximum atomic E-state index is 12.6. The first kappa shape index (κ1) is 16.5. The summed E-state index contributed by atoms with van der Waals surface area (Å²) in [6, 6.07) is 1.68. The van der Waals surface area contributed by atoms with Crippen molar-refractivity contribution in [2.24, 2.45) is 5.92 Å². The van der Waals surface area contributed by atoms with Gasteiger partial charge < -0.3 is 9.84 Å². The number of nitrogens with one attached hydrogen (secondary N) is 1. The van der Waals surface area contributed by atoms with Gasteiger partial charge >= 0.3 is 0 Å². The Hall–Kier alpha value is -0.920. The Morgan fingerprint density at radius 2 is 2.33 bits per heavy atom. The van der Waals surface area contributed by atoms with E-state index in [1.807, 2.05) is 6.92 Å². The van der Waals surface area contributed by atoms with E-state index in [-0.39, 0.29) is 5.75 Å². The van der Waals surface area contributed by atoms with E-state index in [0.29, 0.717) is 30.5 Å². The minimum Gasteiger partial charge on any atom is -0.361 e. The Labute approximate surface area is 126 Å². The molecule has 0 saturated carbocycles. The van der Waals surface area contributed by atoms with Crippen LogP contribution in [0.3, 0.4) is 0 Å². The molecule has 1 N–H and O–H groups in total. The van der Waals surface area contributed by atoms with Crippen LogP contribution in [0.5, 0.6) is 0 Å². The first-order valence-electron chi connectivity index (χ1n) is 7.62. The van der Waals surface area contributed by atoms with E-state index in [1.165, 1.54) is 0 Å². The molecule has 1 fully saturated rings. The number of piperidine rings is 1. The summed E-state index contributed by atoms with van der Waals surface area (Å²) < 4.78 is 31.8. The van der Waals surface area contributed by atoms with E-state index in [4.69, 9.17) is 4.52 Å². The molecule has 1 aromatic heterocycles. The molecule has 2 heterocycles. The van der Waals surface area contributed by atoms with Gasteiger partial charge in [0.05, 0.1) is 0 Å². The maximum Gasteiger partial charge on any atom is 0.219 e. The summed E-state index contributed by atoms with van der Waals surface area (Å²) in [6.07, 6.45) is 3.02. The topological polar surface area (TPSA) is 75.4 Å². The molecule has 1 unspecified atom stereocenters. The zero-order valence-electron chi connectivity index (χ0n) is 12.8. The normalized spacial score (nSPS) is 20.0. The molecule has 7 heteroatoms. The molecule has 0 amide bonds. The van der Waals surface area contributed by atoms with Gasteiger partial charge in [-0.1, -0.05) is 12.1 Å². The van der Waals surface area contributed by atoms with Gasteiger partial charge in [-0.05, 0) is 45.2 Å². The lowest BCUT2D eigenvalue weighted by molar-refractivity contribution is 0.291. The lowest BCUT2D eigenvalue weighted by Crippen LogP contribution is -2.41. The first-order valence-corrected chi connectivity index (χ1v) is 9.23. The van der Waals surface area contributed by atoms with Crippen LogP contribution in [0.1, 0.15) is 37.6 Å². The van der Waals surface area contributed by atoms with Crippen LogP contribution < -0.4 is 5.32 Å². The predicted molar refractivity (Wildman–Crippen MR) is 81.3 cm³/mol. The summed E-state index contributed by atoms with van der Waals surface area (Å²) in [7, 11) is -3.34. The molecular weight excluding hydrogens is 290 g/mol. The zero-order chi connectivity index (χ0) is 15.3. The molecule has 1 aliphatic heterocycles. The highest BCUT2D eigenvalue weighted by Gasteiger charge is 2.26. The summed E-state index contributed by atoms with van der Waals surface area (Å²) in [5, 5.41) is 7.14. The lowest BCUT2D eigenvalue weighted by atomic mass is 10.00. The summed E-state index contributed by atoms with van der Waals surface area (Å²) in [5.74, 6) is 0.961. The molecule has 1 saturated heterocycles. The standard InChI is InChI=1S/C14H25N3O3S/c1-3-7-17(10-13-5-4-6-15-9-13)21(18,19)11-14-8-12(2)20-16-14/h8,13,15H,3-7,9-11H2,1-2H3. The highest BCUT2D eigenvalue weighted by Crippen LogP contribution is 2.17. The average Bonchev–Trinajstić information content (AvgIpc) is 2.84. The SMILES string of the molecule is CCCN(CC1CCCNC1)S(=O)(=O)Cc1cc(C)on1. The molecule has 6 nitrogen and oxygen atoms in total. The third kappa shape index (κ3) is 4.79. The minimum atomic E-state index is -3.34. The van der Waals surface area contributed by atoms with Gasteiger partial charge in [-0.3, -0.25) is 0 Å². The van der Waals surface area contributed by atoms with E-state index in [1.54, 1.807) is 17.3 Å². The van der Waals surface area contributed by atoms with Crippen molar-refractivity contribution in [3.05, 3.63) is 17.5 Å². The van der Waals surface area contributed by atoms with Crippen molar-refractivity contribution in [3.63, 3.8) is 0 Å². The van der Waals surface area contributed by atoms with Crippen LogP contribution in [-0.4, -0.2) is 44.1 Å². The van der Waals surface area contributed by atoms with E-state index in [0.717, 1.165) is 32.4 Å².